The fourth-order valence-electron chi connectivity index (χ4n) is 3.22. The molecule has 124 valence electrons. The van der Waals surface area contributed by atoms with Crippen molar-refractivity contribution in [1.82, 2.24) is 10.2 Å². The maximum Gasteiger partial charge on any atom is 0.406 e. The number of fused-ring (bicyclic) bond motifs is 5. The number of nitrogens with zero attached hydrogens (tertiary/aromatic N) is 1. The van der Waals surface area contributed by atoms with Crippen LogP contribution in [0, 0.1) is 0 Å². The molecule has 0 spiro atoms. The lowest BCUT2D eigenvalue weighted by Crippen LogP contribution is -2.66. The highest BCUT2D eigenvalue weighted by molar-refractivity contribution is 5.77. The number of rotatable bonds is 1. The zero-order valence-corrected chi connectivity index (χ0v) is 12.1. The molecule has 2 atom stereocenters. The molecule has 3 aliphatic rings. The van der Waals surface area contributed by atoms with E-state index >= 15 is 0 Å². The van der Waals surface area contributed by atoms with Crippen LogP contribution in [0.1, 0.15) is 24.9 Å². The molecule has 0 aliphatic carbocycles. The van der Waals surface area contributed by atoms with Crippen LogP contribution >= 0.6 is 0 Å². The number of hydrogen-bond donors (Lipinski definition) is 1. The zero-order chi connectivity index (χ0) is 16.4. The van der Waals surface area contributed by atoms with Gasteiger partial charge in [-0.1, -0.05) is 0 Å². The number of amides is 2. The Morgan fingerprint density at radius 3 is 2.70 bits per heavy atom. The highest BCUT2D eigenvalue weighted by Gasteiger charge is 2.52. The molecular weight excluding hydrogens is 317 g/mol. The second-order valence-corrected chi connectivity index (χ2v) is 5.93. The van der Waals surface area contributed by atoms with Gasteiger partial charge in [0.25, 0.3) is 0 Å². The summed E-state index contributed by atoms with van der Waals surface area (Å²) in [6.07, 6.45) is -4.30. The molecule has 9 heteroatoms. The highest BCUT2D eigenvalue weighted by Crippen LogP contribution is 2.49. The number of ether oxygens (including phenoxy) is 3. The van der Waals surface area contributed by atoms with E-state index in [-0.39, 0.29) is 13.2 Å². The van der Waals surface area contributed by atoms with E-state index in [0.29, 0.717) is 27.7 Å². The fraction of sp³-hybridized carbons (Fsp3) is 0.500. The van der Waals surface area contributed by atoms with E-state index in [9.17, 15) is 18.0 Å². The zero-order valence-electron chi connectivity index (χ0n) is 12.1. The normalized spacial score (nSPS) is 28.1. The number of benzene rings is 1. The first-order chi connectivity index (χ1) is 10.8. The van der Waals surface area contributed by atoms with Crippen LogP contribution in [0.2, 0.25) is 0 Å². The SMILES string of the molecule is CC12CC(NC(=O)N1CC(F)(F)F)c1cc3c(cc1O2)OCO3. The van der Waals surface area contributed by atoms with Gasteiger partial charge < -0.3 is 19.5 Å². The van der Waals surface area contributed by atoms with Crippen LogP contribution in [-0.4, -0.2) is 36.2 Å². The molecule has 0 saturated carbocycles. The molecule has 1 N–H and O–H groups in total. The Morgan fingerprint density at radius 2 is 2.00 bits per heavy atom. The van der Waals surface area contributed by atoms with E-state index in [1.165, 1.54) is 6.92 Å². The summed E-state index contributed by atoms with van der Waals surface area (Å²) in [5.41, 5.74) is -0.699. The summed E-state index contributed by atoms with van der Waals surface area (Å²) in [5, 5.41) is 2.60. The van der Waals surface area contributed by atoms with Crippen molar-refractivity contribution in [3.05, 3.63) is 17.7 Å². The first-order valence-corrected chi connectivity index (χ1v) is 7.03. The van der Waals surface area contributed by atoms with Gasteiger partial charge in [0, 0.05) is 18.1 Å². The number of urea groups is 1. The molecule has 3 aliphatic heterocycles. The minimum absolute atomic E-state index is 0.0761. The van der Waals surface area contributed by atoms with Crippen molar-refractivity contribution < 1.29 is 32.2 Å². The second kappa shape index (κ2) is 4.36. The van der Waals surface area contributed by atoms with E-state index < -0.39 is 30.5 Å². The molecule has 2 bridgehead atoms. The van der Waals surface area contributed by atoms with Crippen LogP contribution in [0.25, 0.3) is 0 Å². The monoisotopic (exact) mass is 330 g/mol. The van der Waals surface area contributed by atoms with Crippen LogP contribution in [-0.2, 0) is 0 Å². The van der Waals surface area contributed by atoms with E-state index in [2.05, 4.69) is 5.32 Å². The molecule has 23 heavy (non-hydrogen) atoms. The topological polar surface area (TPSA) is 60.0 Å². The molecule has 1 fully saturated rings. The van der Waals surface area contributed by atoms with E-state index in [0.717, 1.165) is 0 Å². The second-order valence-electron chi connectivity index (χ2n) is 5.93. The summed E-state index contributed by atoms with van der Waals surface area (Å²) >= 11 is 0. The van der Waals surface area contributed by atoms with Crippen LogP contribution in [0.15, 0.2) is 12.1 Å². The quantitative estimate of drug-likeness (QED) is 0.860. The molecule has 6 nitrogen and oxygen atoms in total. The van der Waals surface area contributed by atoms with Crippen molar-refractivity contribution in [2.45, 2.75) is 31.3 Å². The minimum atomic E-state index is -4.51. The maximum absolute atomic E-state index is 12.8. The third kappa shape index (κ3) is 2.22. The van der Waals surface area contributed by atoms with Gasteiger partial charge in [0.05, 0.1) is 6.04 Å². The average Bonchev–Trinajstić information content (AvgIpc) is 2.87. The fourth-order valence-corrected chi connectivity index (χ4v) is 3.22. The first-order valence-electron chi connectivity index (χ1n) is 7.03. The van der Waals surface area contributed by atoms with Crippen molar-refractivity contribution in [2.24, 2.45) is 0 Å². The van der Waals surface area contributed by atoms with Gasteiger partial charge in [-0.3, -0.25) is 4.90 Å². The van der Waals surface area contributed by atoms with Gasteiger partial charge >= 0.3 is 12.2 Å². The molecular formula is C14H13F3N2O4. The largest absolute Gasteiger partial charge is 0.468 e. The lowest BCUT2D eigenvalue weighted by molar-refractivity contribution is -0.180. The summed E-state index contributed by atoms with van der Waals surface area (Å²) in [6, 6.07) is 2.05. The first kappa shape index (κ1) is 14.3. The van der Waals surface area contributed by atoms with Crippen molar-refractivity contribution in [3.63, 3.8) is 0 Å². The molecule has 1 aromatic carbocycles. The molecule has 4 rings (SSSR count). The van der Waals surface area contributed by atoms with E-state index in [1.54, 1.807) is 12.1 Å². The third-order valence-corrected chi connectivity index (χ3v) is 4.24. The lowest BCUT2D eigenvalue weighted by Gasteiger charge is -2.50. The molecule has 2 amide bonds. The van der Waals surface area contributed by atoms with Gasteiger partial charge in [-0.2, -0.15) is 13.2 Å². The predicted molar refractivity (Wildman–Crippen MR) is 70.2 cm³/mol. The molecule has 1 saturated heterocycles. The lowest BCUT2D eigenvalue weighted by atomic mass is 9.90. The predicted octanol–water partition coefficient (Wildman–Crippen LogP) is 2.54. The smallest absolute Gasteiger partial charge is 0.406 e. The van der Waals surface area contributed by atoms with E-state index in [1.807, 2.05) is 0 Å². The number of carbonyl (C=O) groups is 1. The van der Waals surface area contributed by atoms with Crippen LogP contribution < -0.4 is 19.5 Å². The van der Waals surface area contributed by atoms with Gasteiger partial charge in [-0.15, -0.1) is 0 Å². The Hall–Kier alpha value is -2.32. The molecule has 2 unspecified atom stereocenters. The van der Waals surface area contributed by atoms with Gasteiger partial charge in [-0.05, 0) is 13.0 Å². The van der Waals surface area contributed by atoms with Gasteiger partial charge in [-0.25, -0.2) is 4.79 Å². The van der Waals surface area contributed by atoms with Crippen molar-refractivity contribution in [1.29, 1.82) is 0 Å². The number of alkyl halides is 3. The Balaban J connectivity index is 1.74. The van der Waals surface area contributed by atoms with Gasteiger partial charge in [0.2, 0.25) is 6.79 Å². The van der Waals surface area contributed by atoms with Crippen molar-refractivity contribution in [2.75, 3.05) is 13.3 Å². The van der Waals surface area contributed by atoms with Crippen molar-refractivity contribution >= 4 is 6.03 Å². The highest BCUT2D eigenvalue weighted by atomic mass is 19.4. The number of hydrogen-bond acceptors (Lipinski definition) is 4. The maximum atomic E-state index is 12.8. The number of carbonyl (C=O) groups excluding carboxylic acids is 1. The van der Waals surface area contributed by atoms with Crippen LogP contribution in [0.3, 0.4) is 0 Å². The third-order valence-electron chi connectivity index (χ3n) is 4.24. The average molecular weight is 330 g/mol. The minimum Gasteiger partial charge on any atom is -0.468 e. The molecule has 0 aromatic heterocycles. The van der Waals surface area contributed by atoms with Crippen molar-refractivity contribution in [3.8, 4) is 17.2 Å². The summed E-state index contributed by atoms with van der Waals surface area (Å²) in [6.45, 7) is 0.187. The van der Waals surface area contributed by atoms with Gasteiger partial charge in [0.15, 0.2) is 17.2 Å². The standard InChI is InChI=1S/C14H13F3N2O4/c1-13-4-8(18-12(20)19(13)5-14(15,16)17)7-2-10-11(22-6-21-10)3-9(7)23-13/h2-3,8H,4-6H2,1H3,(H,18,20). The molecule has 3 heterocycles. The summed E-state index contributed by atoms with van der Waals surface area (Å²) in [5.74, 6) is 1.39. The Kier molecular flexibility index (Phi) is 2.71. The Bertz CT molecular complexity index is 693. The summed E-state index contributed by atoms with van der Waals surface area (Å²) < 4.78 is 54.6. The summed E-state index contributed by atoms with van der Waals surface area (Å²) in [7, 11) is 0. The van der Waals surface area contributed by atoms with E-state index in [4.69, 9.17) is 14.2 Å². The Morgan fingerprint density at radius 1 is 1.30 bits per heavy atom. The molecule has 1 aromatic rings. The number of halogens is 3. The van der Waals surface area contributed by atoms with Gasteiger partial charge in [0.1, 0.15) is 12.3 Å². The Labute approximate surface area is 129 Å². The van der Waals surface area contributed by atoms with Crippen LogP contribution in [0.5, 0.6) is 17.2 Å². The summed E-state index contributed by atoms with van der Waals surface area (Å²) in [4.78, 5) is 12.8. The number of nitrogens with one attached hydrogen (secondary N) is 1. The molecule has 0 radical (unpaired) electrons. The van der Waals surface area contributed by atoms with Crippen LogP contribution in [0.4, 0.5) is 18.0 Å².